The topological polar surface area (TPSA) is 9.86 Å². The molecule has 0 fully saturated rings. The zero-order valence-corrected chi connectivity index (χ0v) is 25.1. The van der Waals surface area contributed by atoms with Crippen LogP contribution in [0.5, 0.6) is 0 Å². The zero-order chi connectivity index (χ0) is 29.5. The van der Waals surface area contributed by atoms with Crippen LogP contribution in [0.3, 0.4) is 0 Å². The summed E-state index contributed by atoms with van der Waals surface area (Å²) in [5, 5.41) is 12.5. The molecule has 7 aromatic carbocycles. The van der Waals surface area contributed by atoms with E-state index in [4.69, 9.17) is 0 Å². The van der Waals surface area contributed by atoms with E-state index in [1.807, 2.05) is 11.3 Å². The van der Waals surface area contributed by atoms with E-state index >= 15 is 0 Å². The van der Waals surface area contributed by atoms with Crippen LogP contribution in [-0.2, 0) is 0 Å². The number of fused-ring (bicyclic) bond motifs is 8. The summed E-state index contributed by atoms with van der Waals surface area (Å²) < 4.78 is 6.04. The maximum atomic E-state index is 2.45. The highest BCUT2D eigenvalue weighted by molar-refractivity contribution is 7.17. The van der Waals surface area contributed by atoms with Gasteiger partial charge in [-0.3, -0.25) is 0 Å². The van der Waals surface area contributed by atoms with Crippen molar-refractivity contribution >= 4 is 75.7 Å². The van der Waals surface area contributed by atoms with Crippen molar-refractivity contribution in [3.63, 3.8) is 0 Å². The Kier molecular flexibility index (Phi) is 5.19. The summed E-state index contributed by atoms with van der Waals surface area (Å²) in [4.78, 5) is 0. The highest BCUT2D eigenvalue weighted by Crippen LogP contribution is 2.44. The van der Waals surface area contributed by atoms with Crippen molar-refractivity contribution in [3.05, 3.63) is 157 Å². The van der Waals surface area contributed by atoms with Crippen molar-refractivity contribution < 1.29 is 0 Å². The van der Waals surface area contributed by atoms with E-state index in [2.05, 4.69) is 166 Å². The van der Waals surface area contributed by atoms with Gasteiger partial charge in [-0.05, 0) is 105 Å². The van der Waals surface area contributed by atoms with Crippen LogP contribution in [-0.4, -0.2) is 9.13 Å². The van der Waals surface area contributed by atoms with Gasteiger partial charge < -0.3 is 9.13 Å². The normalized spacial score (nSPS) is 12.0. The third-order valence-corrected chi connectivity index (χ3v) is 10.3. The Hall–Kier alpha value is -5.64. The Morgan fingerprint density at radius 3 is 1.98 bits per heavy atom. The molecule has 3 aromatic heterocycles. The summed E-state index contributed by atoms with van der Waals surface area (Å²) in [5.41, 5.74) is 8.59. The quantitative estimate of drug-likeness (QED) is 0.181. The molecule has 210 valence electrons. The first kappa shape index (κ1) is 24.8. The van der Waals surface area contributed by atoms with E-state index in [9.17, 15) is 0 Å². The smallest absolute Gasteiger partial charge is 0.0547 e. The molecule has 3 heteroatoms. The third kappa shape index (κ3) is 3.62. The van der Waals surface area contributed by atoms with Gasteiger partial charge in [-0.25, -0.2) is 0 Å². The van der Waals surface area contributed by atoms with Crippen LogP contribution < -0.4 is 0 Å². The molecule has 0 unspecified atom stereocenters. The molecule has 45 heavy (non-hydrogen) atoms. The van der Waals surface area contributed by atoms with Gasteiger partial charge in [0.05, 0.1) is 16.6 Å². The summed E-state index contributed by atoms with van der Waals surface area (Å²) in [5.74, 6) is 0. The molecular weight excluding hydrogens is 565 g/mol. The molecule has 2 nitrogen and oxygen atoms in total. The van der Waals surface area contributed by atoms with Gasteiger partial charge in [0.2, 0.25) is 0 Å². The number of para-hydroxylation sites is 3. The van der Waals surface area contributed by atoms with Gasteiger partial charge in [0, 0.05) is 49.4 Å². The minimum atomic E-state index is 1.17. The summed E-state index contributed by atoms with van der Waals surface area (Å²) in [6, 6.07) is 53.3. The molecular formula is C42H26N2S. The van der Waals surface area contributed by atoms with Crippen LogP contribution in [0.2, 0.25) is 0 Å². The number of aromatic nitrogens is 2. The summed E-state index contributed by atoms with van der Waals surface area (Å²) in [7, 11) is 0. The van der Waals surface area contributed by atoms with Gasteiger partial charge in [-0.15, -0.1) is 11.3 Å². The van der Waals surface area contributed by atoms with Crippen molar-refractivity contribution in [3.8, 4) is 22.5 Å². The van der Waals surface area contributed by atoms with Crippen LogP contribution in [0.15, 0.2) is 157 Å². The predicted molar refractivity (Wildman–Crippen MR) is 193 cm³/mol. The fourth-order valence-electron chi connectivity index (χ4n) is 7.32. The van der Waals surface area contributed by atoms with E-state index in [0.29, 0.717) is 0 Å². The first-order valence-corrected chi connectivity index (χ1v) is 16.2. The molecule has 0 aliphatic carbocycles. The highest BCUT2D eigenvalue weighted by Gasteiger charge is 2.19. The predicted octanol–water partition coefficient (Wildman–Crippen LogP) is 11.9. The van der Waals surface area contributed by atoms with Crippen LogP contribution in [0.4, 0.5) is 0 Å². The van der Waals surface area contributed by atoms with Gasteiger partial charge in [-0.1, -0.05) is 72.8 Å². The molecule has 3 heterocycles. The molecule has 0 spiro atoms. The van der Waals surface area contributed by atoms with Gasteiger partial charge >= 0.3 is 0 Å². The molecule has 0 bridgehead atoms. The summed E-state index contributed by atoms with van der Waals surface area (Å²) in [6.45, 7) is 0. The molecule has 0 aliphatic heterocycles. The Labute approximate surface area is 263 Å². The summed E-state index contributed by atoms with van der Waals surface area (Å²) in [6.07, 6.45) is 2.19. The van der Waals surface area contributed by atoms with E-state index < -0.39 is 0 Å². The molecule has 0 amide bonds. The monoisotopic (exact) mass is 590 g/mol. The van der Waals surface area contributed by atoms with E-state index in [1.165, 1.54) is 86.8 Å². The fraction of sp³-hybridized carbons (Fsp3) is 0. The number of hydrogen-bond donors (Lipinski definition) is 0. The molecule has 0 atom stereocenters. The van der Waals surface area contributed by atoms with Crippen LogP contribution in [0.1, 0.15) is 0 Å². The number of hydrogen-bond acceptors (Lipinski definition) is 1. The van der Waals surface area contributed by atoms with Crippen LogP contribution in [0, 0.1) is 0 Å². The molecule has 0 saturated heterocycles. The molecule has 0 N–H and O–H groups in total. The molecule has 0 radical (unpaired) electrons. The molecule has 10 aromatic rings. The maximum Gasteiger partial charge on any atom is 0.0547 e. The van der Waals surface area contributed by atoms with Gasteiger partial charge in [0.1, 0.15) is 0 Å². The minimum Gasteiger partial charge on any atom is -0.317 e. The lowest BCUT2D eigenvalue weighted by Crippen LogP contribution is -1.94. The van der Waals surface area contributed by atoms with Crippen molar-refractivity contribution in [1.29, 1.82) is 0 Å². The third-order valence-electron chi connectivity index (χ3n) is 9.37. The Balaban J connectivity index is 1.38. The lowest BCUT2D eigenvalue weighted by Gasteiger charge is -2.14. The Bertz CT molecular complexity index is 2740. The zero-order valence-electron chi connectivity index (χ0n) is 24.3. The van der Waals surface area contributed by atoms with Gasteiger partial charge in [0.15, 0.2) is 0 Å². The molecule has 0 aliphatic rings. The van der Waals surface area contributed by atoms with Gasteiger partial charge in [0.25, 0.3) is 0 Å². The van der Waals surface area contributed by atoms with Crippen LogP contribution in [0.25, 0.3) is 86.8 Å². The Morgan fingerprint density at radius 2 is 1.13 bits per heavy atom. The second-order valence-electron chi connectivity index (χ2n) is 11.8. The average molecular weight is 591 g/mol. The number of rotatable bonds is 3. The first-order valence-electron chi connectivity index (χ1n) is 15.3. The Morgan fingerprint density at radius 1 is 0.400 bits per heavy atom. The van der Waals surface area contributed by atoms with Crippen molar-refractivity contribution in [2.75, 3.05) is 0 Å². The van der Waals surface area contributed by atoms with Crippen molar-refractivity contribution in [1.82, 2.24) is 9.13 Å². The second-order valence-corrected chi connectivity index (χ2v) is 12.7. The second kappa shape index (κ2) is 9.43. The lowest BCUT2D eigenvalue weighted by molar-refractivity contribution is 1.13. The number of thiophene rings is 1. The first-order chi connectivity index (χ1) is 22.3. The van der Waals surface area contributed by atoms with E-state index in [-0.39, 0.29) is 0 Å². The molecule has 10 rings (SSSR count). The standard InChI is InChI=1S/C42H26N2S/c1-3-11-29(12-4-1)43-20-19-27-21-33-28(23-40(27)43)22-34(38-26-45-42-18-10-8-16-32(38)42)36-25-41-37(24-35(33)36)31-15-7-9-17-39(31)44(41)30-13-5-2-6-14-30/h1-26H. The fourth-order valence-corrected chi connectivity index (χ4v) is 8.28. The largest absolute Gasteiger partial charge is 0.317 e. The SMILES string of the molecule is c1ccc(-n2ccc3cc4c(cc(-c5csc6ccccc56)c5cc6c(cc54)c4ccccc4n6-c4ccccc4)cc32)cc1. The van der Waals surface area contributed by atoms with Crippen LogP contribution >= 0.6 is 11.3 Å². The van der Waals surface area contributed by atoms with E-state index in [1.54, 1.807) is 0 Å². The molecule has 0 saturated carbocycles. The maximum absolute atomic E-state index is 2.45. The minimum absolute atomic E-state index is 1.17. The van der Waals surface area contributed by atoms with E-state index in [0.717, 1.165) is 0 Å². The lowest BCUT2D eigenvalue weighted by atomic mass is 9.91. The highest BCUT2D eigenvalue weighted by atomic mass is 32.1. The average Bonchev–Trinajstić information content (AvgIpc) is 3.80. The van der Waals surface area contributed by atoms with Crippen molar-refractivity contribution in [2.45, 2.75) is 0 Å². The summed E-state index contributed by atoms with van der Waals surface area (Å²) >= 11 is 1.82. The number of nitrogens with zero attached hydrogens (tertiary/aromatic N) is 2. The van der Waals surface area contributed by atoms with Crippen molar-refractivity contribution in [2.24, 2.45) is 0 Å². The van der Waals surface area contributed by atoms with Gasteiger partial charge in [-0.2, -0.15) is 0 Å². The number of benzene rings is 7.